The number of aliphatic hydroxyl groups excluding tert-OH is 1. The number of rotatable bonds is 4. The average Bonchev–Trinajstić information content (AvgIpc) is 2.61. The molecule has 0 amide bonds. The minimum absolute atomic E-state index is 0.102. The summed E-state index contributed by atoms with van der Waals surface area (Å²) in [5.41, 5.74) is 0.984. The molecule has 17 heavy (non-hydrogen) atoms. The van der Waals surface area contributed by atoms with Gasteiger partial charge in [0.1, 0.15) is 5.76 Å². The van der Waals surface area contributed by atoms with Crippen LogP contribution in [-0.2, 0) is 4.74 Å². The predicted molar refractivity (Wildman–Crippen MR) is 66.1 cm³/mol. The molecule has 94 valence electrons. The van der Waals surface area contributed by atoms with Crippen LogP contribution in [0.2, 0.25) is 0 Å². The first-order valence-electron chi connectivity index (χ1n) is 6.31. The number of hydrogen-bond acceptors (Lipinski definition) is 3. The SMILES string of the molecule is OCCC1=C(OC2(O)CCCC2)CC=CC=C1. The van der Waals surface area contributed by atoms with Gasteiger partial charge in [0.25, 0.3) is 0 Å². The Balaban J connectivity index is 2.14. The highest BCUT2D eigenvalue weighted by molar-refractivity contribution is 5.30. The Kier molecular flexibility index (Phi) is 4.02. The lowest BCUT2D eigenvalue weighted by molar-refractivity contribution is -0.172. The third-order valence-corrected chi connectivity index (χ3v) is 3.29. The molecule has 0 spiro atoms. The number of aliphatic hydroxyl groups is 2. The molecule has 3 nitrogen and oxygen atoms in total. The van der Waals surface area contributed by atoms with Crippen molar-refractivity contribution >= 4 is 0 Å². The maximum absolute atomic E-state index is 10.3. The first kappa shape index (κ1) is 12.4. The third kappa shape index (κ3) is 3.20. The van der Waals surface area contributed by atoms with E-state index in [0.29, 0.717) is 25.7 Å². The largest absolute Gasteiger partial charge is 0.466 e. The van der Waals surface area contributed by atoms with Crippen molar-refractivity contribution in [3.63, 3.8) is 0 Å². The van der Waals surface area contributed by atoms with E-state index in [4.69, 9.17) is 9.84 Å². The Hall–Kier alpha value is -1.06. The monoisotopic (exact) mass is 236 g/mol. The van der Waals surface area contributed by atoms with Gasteiger partial charge in [0.05, 0.1) is 0 Å². The molecule has 1 saturated carbocycles. The molecule has 0 unspecified atom stereocenters. The van der Waals surface area contributed by atoms with E-state index in [2.05, 4.69) is 0 Å². The lowest BCUT2D eigenvalue weighted by Gasteiger charge is -2.26. The van der Waals surface area contributed by atoms with Crippen molar-refractivity contribution in [3.8, 4) is 0 Å². The van der Waals surface area contributed by atoms with Gasteiger partial charge in [-0.15, -0.1) is 0 Å². The molecule has 2 N–H and O–H groups in total. The first-order chi connectivity index (χ1) is 8.23. The van der Waals surface area contributed by atoms with E-state index in [9.17, 15) is 5.11 Å². The highest BCUT2D eigenvalue weighted by Gasteiger charge is 2.34. The molecule has 2 aliphatic rings. The van der Waals surface area contributed by atoms with Crippen LogP contribution in [0.5, 0.6) is 0 Å². The summed E-state index contributed by atoms with van der Waals surface area (Å²) >= 11 is 0. The van der Waals surface area contributed by atoms with Gasteiger partial charge < -0.3 is 14.9 Å². The molecule has 0 atom stereocenters. The number of hydrogen-bond donors (Lipinski definition) is 2. The summed E-state index contributed by atoms with van der Waals surface area (Å²) in [7, 11) is 0. The molecule has 0 aromatic heterocycles. The van der Waals surface area contributed by atoms with Gasteiger partial charge in [-0.2, -0.15) is 0 Å². The summed E-state index contributed by atoms with van der Waals surface area (Å²) in [6.45, 7) is 0.102. The van der Waals surface area contributed by atoms with Gasteiger partial charge in [0, 0.05) is 25.9 Å². The predicted octanol–water partition coefficient (Wildman–Crippen LogP) is 2.42. The zero-order chi connectivity index (χ0) is 12.1. The Bertz CT molecular complexity index is 346. The van der Waals surface area contributed by atoms with E-state index in [-0.39, 0.29) is 6.61 Å². The normalized spacial score (nSPS) is 22.9. The van der Waals surface area contributed by atoms with Crippen molar-refractivity contribution in [3.05, 3.63) is 35.6 Å². The Morgan fingerprint density at radius 1 is 1.24 bits per heavy atom. The molecule has 0 radical (unpaired) electrons. The highest BCUT2D eigenvalue weighted by Crippen LogP contribution is 2.34. The van der Waals surface area contributed by atoms with E-state index in [0.717, 1.165) is 24.2 Å². The molecule has 2 rings (SSSR count). The van der Waals surface area contributed by atoms with Crippen LogP contribution in [0.25, 0.3) is 0 Å². The van der Waals surface area contributed by atoms with Crippen LogP contribution in [0, 0.1) is 0 Å². The average molecular weight is 236 g/mol. The molecule has 0 aliphatic heterocycles. The number of allylic oxidation sites excluding steroid dienone is 4. The molecule has 0 heterocycles. The summed E-state index contributed by atoms with van der Waals surface area (Å²) in [6, 6.07) is 0. The molecule has 0 bridgehead atoms. The van der Waals surface area contributed by atoms with Crippen LogP contribution >= 0.6 is 0 Å². The minimum atomic E-state index is -0.984. The zero-order valence-electron chi connectivity index (χ0n) is 10.1. The van der Waals surface area contributed by atoms with Crippen LogP contribution in [0.1, 0.15) is 38.5 Å². The van der Waals surface area contributed by atoms with Gasteiger partial charge in [-0.1, -0.05) is 24.3 Å². The van der Waals surface area contributed by atoms with E-state index >= 15 is 0 Å². The minimum Gasteiger partial charge on any atom is -0.466 e. The van der Waals surface area contributed by atoms with Crippen molar-refractivity contribution in [2.24, 2.45) is 0 Å². The molecule has 0 aromatic rings. The van der Waals surface area contributed by atoms with Gasteiger partial charge in [0.2, 0.25) is 5.79 Å². The van der Waals surface area contributed by atoms with Gasteiger partial charge in [-0.25, -0.2) is 0 Å². The summed E-state index contributed by atoms with van der Waals surface area (Å²) in [6.07, 6.45) is 12.6. The third-order valence-electron chi connectivity index (χ3n) is 3.29. The van der Waals surface area contributed by atoms with Crippen LogP contribution in [0.4, 0.5) is 0 Å². The van der Waals surface area contributed by atoms with Gasteiger partial charge in [0.15, 0.2) is 0 Å². The van der Waals surface area contributed by atoms with Crippen molar-refractivity contribution < 1.29 is 14.9 Å². The quantitative estimate of drug-likeness (QED) is 0.737. The maximum Gasteiger partial charge on any atom is 0.207 e. The van der Waals surface area contributed by atoms with Gasteiger partial charge in [-0.05, 0) is 24.8 Å². The Morgan fingerprint density at radius 3 is 2.71 bits per heavy atom. The molecular weight excluding hydrogens is 216 g/mol. The fourth-order valence-corrected chi connectivity index (χ4v) is 2.36. The summed E-state index contributed by atoms with van der Waals surface area (Å²) < 4.78 is 5.81. The molecule has 2 aliphatic carbocycles. The van der Waals surface area contributed by atoms with Crippen molar-refractivity contribution in [2.45, 2.75) is 44.3 Å². The second-order valence-corrected chi connectivity index (χ2v) is 4.67. The Labute approximate surface area is 102 Å². The molecule has 1 fully saturated rings. The van der Waals surface area contributed by atoms with E-state index in [1.165, 1.54) is 0 Å². The highest BCUT2D eigenvalue weighted by atomic mass is 16.6. The first-order valence-corrected chi connectivity index (χ1v) is 6.31. The smallest absolute Gasteiger partial charge is 0.207 e. The van der Waals surface area contributed by atoms with Gasteiger partial charge >= 0.3 is 0 Å². The number of ether oxygens (including phenoxy) is 1. The molecule has 0 saturated heterocycles. The standard InChI is InChI=1S/C14H20O3/c15-11-8-12-6-2-1-3-7-13(12)17-14(16)9-4-5-10-14/h1-3,6,15-16H,4-5,7-11H2. The second-order valence-electron chi connectivity index (χ2n) is 4.67. The summed E-state index contributed by atoms with van der Waals surface area (Å²) in [5.74, 6) is -0.185. The van der Waals surface area contributed by atoms with Gasteiger partial charge in [-0.3, -0.25) is 0 Å². The lowest BCUT2D eigenvalue weighted by atomic mass is 10.1. The lowest BCUT2D eigenvalue weighted by Crippen LogP contribution is -2.28. The fourth-order valence-electron chi connectivity index (χ4n) is 2.36. The van der Waals surface area contributed by atoms with Crippen LogP contribution in [0.15, 0.2) is 35.6 Å². The van der Waals surface area contributed by atoms with Crippen LogP contribution < -0.4 is 0 Å². The molecule has 3 heteroatoms. The maximum atomic E-state index is 10.3. The molecule has 0 aromatic carbocycles. The van der Waals surface area contributed by atoms with E-state index < -0.39 is 5.79 Å². The second kappa shape index (κ2) is 5.52. The summed E-state index contributed by atoms with van der Waals surface area (Å²) in [4.78, 5) is 0. The van der Waals surface area contributed by atoms with Crippen molar-refractivity contribution in [1.29, 1.82) is 0 Å². The van der Waals surface area contributed by atoms with E-state index in [1.807, 2.05) is 24.3 Å². The van der Waals surface area contributed by atoms with Crippen molar-refractivity contribution in [1.82, 2.24) is 0 Å². The summed E-state index contributed by atoms with van der Waals surface area (Å²) in [5, 5.41) is 19.3. The zero-order valence-corrected chi connectivity index (χ0v) is 10.1. The van der Waals surface area contributed by atoms with Crippen LogP contribution in [-0.4, -0.2) is 22.6 Å². The van der Waals surface area contributed by atoms with Crippen LogP contribution in [0.3, 0.4) is 0 Å². The fraction of sp³-hybridized carbons (Fsp3) is 0.571. The Morgan fingerprint density at radius 2 is 2.00 bits per heavy atom. The topological polar surface area (TPSA) is 49.7 Å². The van der Waals surface area contributed by atoms with Crippen molar-refractivity contribution in [2.75, 3.05) is 6.61 Å². The molecular formula is C14H20O3. The van der Waals surface area contributed by atoms with E-state index in [1.54, 1.807) is 0 Å².